The molecule has 96 valence electrons. The predicted octanol–water partition coefficient (Wildman–Crippen LogP) is 3.36. The number of aliphatic hydroxyl groups is 1. The first-order valence-electron chi connectivity index (χ1n) is 6.38. The van der Waals surface area contributed by atoms with Crippen LogP contribution in [0, 0.1) is 6.92 Å². The van der Waals surface area contributed by atoms with Crippen LogP contribution in [0.5, 0.6) is 0 Å². The fourth-order valence-electron chi connectivity index (χ4n) is 2.46. The summed E-state index contributed by atoms with van der Waals surface area (Å²) in [5.74, 6) is 0. The fourth-order valence-corrected chi connectivity index (χ4v) is 2.46. The SMILES string of the molecule is Cc1cc(-c2c(C(C)O)cc3ccccn23)ccn1. The van der Waals surface area contributed by atoms with E-state index in [1.54, 1.807) is 13.1 Å². The molecule has 3 heteroatoms. The largest absolute Gasteiger partial charge is 0.389 e. The summed E-state index contributed by atoms with van der Waals surface area (Å²) in [7, 11) is 0. The Morgan fingerprint density at radius 2 is 2.05 bits per heavy atom. The highest BCUT2D eigenvalue weighted by Gasteiger charge is 2.15. The molecule has 3 aromatic rings. The molecule has 0 bridgehead atoms. The van der Waals surface area contributed by atoms with Crippen LogP contribution >= 0.6 is 0 Å². The smallest absolute Gasteiger partial charge is 0.0783 e. The van der Waals surface area contributed by atoms with Crippen molar-refractivity contribution in [1.82, 2.24) is 9.38 Å². The number of fused-ring (bicyclic) bond motifs is 1. The van der Waals surface area contributed by atoms with E-state index >= 15 is 0 Å². The van der Waals surface area contributed by atoms with Crippen LogP contribution in [-0.2, 0) is 0 Å². The molecule has 3 heterocycles. The van der Waals surface area contributed by atoms with Crippen LogP contribution in [0.25, 0.3) is 16.8 Å². The number of hydrogen-bond donors (Lipinski definition) is 1. The molecule has 3 rings (SSSR count). The minimum atomic E-state index is -0.497. The van der Waals surface area contributed by atoms with Crippen LogP contribution < -0.4 is 0 Å². The van der Waals surface area contributed by atoms with Gasteiger partial charge in [0.05, 0.1) is 11.8 Å². The summed E-state index contributed by atoms with van der Waals surface area (Å²) in [6.45, 7) is 3.77. The van der Waals surface area contributed by atoms with Crippen molar-refractivity contribution in [2.24, 2.45) is 0 Å². The van der Waals surface area contributed by atoms with E-state index in [9.17, 15) is 5.11 Å². The maximum Gasteiger partial charge on any atom is 0.0783 e. The average Bonchev–Trinajstić information content (AvgIpc) is 2.78. The van der Waals surface area contributed by atoms with E-state index in [0.29, 0.717) is 0 Å². The summed E-state index contributed by atoms with van der Waals surface area (Å²) in [4.78, 5) is 4.23. The number of aliphatic hydroxyl groups excluding tert-OH is 1. The van der Waals surface area contributed by atoms with Gasteiger partial charge in [-0.15, -0.1) is 0 Å². The Labute approximate surface area is 112 Å². The molecule has 3 aromatic heterocycles. The van der Waals surface area contributed by atoms with E-state index in [1.807, 2.05) is 49.5 Å². The number of aryl methyl sites for hydroxylation is 1. The molecule has 0 aliphatic carbocycles. The van der Waals surface area contributed by atoms with Crippen LogP contribution in [0.15, 0.2) is 48.8 Å². The standard InChI is InChI=1S/C16H16N2O/c1-11-9-13(6-7-17-11)16-15(12(2)19)10-14-5-3-4-8-18(14)16/h3-10,12,19H,1-2H3. The second-order valence-electron chi connectivity index (χ2n) is 4.81. The molecular formula is C16H16N2O. The van der Waals surface area contributed by atoms with Crippen molar-refractivity contribution in [1.29, 1.82) is 0 Å². The average molecular weight is 252 g/mol. The molecule has 1 unspecified atom stereocenters. The molecule has 0 spiro atoms. The van der Waals surface area contributed by atoms with Crippen LogP contribution in [0.4, 0.5) is 0 Å². The minimum absolute atomic E-state index is 0.497. The first kappa shape index (κ1) is 11.9. The van der Waals surface area contributed by atoms with Crippen LogP contribution in [0.2, 0.25) is 0 Å². The summed E-state index contributed by atoms with van der Waals surface area (Å²) in [5.41, 5.74) is 5.12. The fraction of sp³-hybridized carbons (Fsp3) is 0.188. The normalized spacial score (nSPS) is 12.8. The van der Waals surface area contributed by atoms with Gasteiger partial charge >= 0.3 is 0 Å². The third-order valence-corrected chi connectivity index (χ3v) is 3.33. The first-order chi connectivity index (χ1) is 9.16. The highest BCUT2D eigenvalue weighted by molar-refractivity contribution is 5.72. The van der Waals surface area contributed by atoms with E-state index in [4.69, 9.17) is 0 Å². The zero-order valence-electron chi connectivity index (χ0n) is 11.0. The van der Waals surface area contributed by atoms with Crippen LogP contribution in [0.3, 0.4) is 0 Å². The van der Waals surface area contributed by atoms with Gasteiger partial charge in [-0.05, 0) is 44.2 Å². The Hall–Kier alpha value is -2.13. The highest BCUT2D eigenvalue weighted by Crippen LogP contribution is 2.31. The van der Waals surface area contributed by atoms with E-state index in [1.165, 1.54) is 0 Å². The molecule has 3 nitrogen and oxygen atoms in total. The van der Waals surface area contributed by atoms with Crippen LogP contribution in [0.1, 0.15) is 24.3 Å². The van der Waals surface area contributed by atoms with Gasteiger partial charge in [-0.3, -0.25) is 4.98 Å². The van der Waals surface area contributed by atoms with Gasteiger partial charge in [0.1, 0.15) is 0 Å². The lowest BCUT2D eigenvalue weighted by atomic mass is 10.1. The Kier molecular flexibility index (Phi) is 2.84. The molecule has 1 N–H and O–H groups in total. The van der Waals surface area contributed by atoms with Crippen molar-refractivity contribution in [3.05, 3.63) is 60.0 Å². The molecule has 1 atom stereocenters. The Morgan fingerprint density at radius 3 is 2.79 bits per heavy atom. The second-order valence-corrected chi connectivity index (χ2v) is 4.81. The first-order valence-corrected chi connectivity index (χ1v) is 6.38. The predicted molar refractivity (Wildman–Crippen MR) is 76.0 cm³/mol. The monoisotopic (exact) mass is 252 g/mol. The van der Waals surface area contributed by atoms with Crippen molar-refractivity contribution in [2.75, 3.05) is 0 Å². The lowest BCUT2D eigenvalue weighted by Gasteiger charge is -2.09. The molecule has 0 saturated heterocycles. The molecule has 19 heavy (non-hydrogen) atoms. The lowest BCUT2D eigenvalue weighted by Crippen LogP contribution is -1.95. The topological polar surface area (TPSA) is 37.5 Å². The zero-order chi connectivity index (χ0) is 13.4. The Balaban J connectivity index is 2.34. The van der Waals surface area contributed by atoms with Gasteiger partial charge in [0.15, 0.2) is 0 Å². The maximum atomic E-state index is 10.0. The van der Waals surface area contributed by atoms with Gasteiger partial charge in [-0.2, -0.15) is 0 Å². The van der Waals surface area contributed by atoms with Gasteiger partial charge in [-0.1, -0.05) is 6.07 Å². The molecule has 0 amide bonds. The van der Waals surface area contributed by atoms with E-state index in [-0.39, 0.29) is 0 Å². The van der Waals surface area contributed by atoms with Gasteiger partial charge in [0.2, 0.25) is 0 Å². The van der Waals surface area contributed by atoms with Gasteiger partial charge in [0.25, 0.3) is 0 Å². The Morgan fingerprint density at radius 1 is 1.21 bits per heavy atom. The summed E-state index contributed by atoms with van der Waals surface area (Å²) >= 11 is 0. The molecule has 0 aliphatic rings. The summed E-state index contributed by atoms with van der Waals surface area (Å²) in [5, 5.41) is 10.0. The van der Waals surface area contributed by atoms with Crippen molar-refractivity contribution < 1.29 is 5.11 Å². The van der Waals surface area contributed by atoms with Gasteiger partial charge in [0, 0.05) is 34.7 Å². The molecule has 0 saturated carbocycles. The number of aromatic nitrogens is 2. The minimum Gasteiger partial charge on any atom is -0.389 e. The molecule has 0 fully saturated rings. The maximum absolute atomic E-state index is 10.0. The summed E-state index contributed by atoms with van der Waals surface area (Å²) < 4.78 is 2.11. The Bertz CT molecular complexity index is 728. The van der Waals surface area contributed by atoms with Gasteiger partial charge in [-0.25, -0.2) is 0 Å². The van der Waals surface area contributed by atoms with Crippen molar-refractivity contribution in [3.8, 4) is 11.3 Å². The van der Waals surface area contributed by atoms with E-state index in [2.05, 4.69) is 9.38 Å². The third-order valence-electron chi connectivity index (χ3n) is 3.33. The molecule has 0 radical (unpaired) electrons. The molecule has 0 aliphatic heterocycles. The summed E-state index contributed by atoms with van der Waals surface area (Å²) in [6.07, 6.45) is 3.33. The van der Waals surface area contributed by atoms with Gasteiger partial charge < -0.3 is 9.51 Å². The quantitative estimate of drug-likeness (QED) is 0.759. The van der Waals surface area contributed by atoms with E-state index < -0.39 is 6.10 Å². The van der Waals surface area contributed by atoms with Crippen LogP contribution in [-0.4, -0.2) is 14.5 Å². The van der Waals surface area contributed by atoms with Crippen molar-refractivity contribution >= 4 is 5.52 Å². The second kappa shape index (κ2) is 4.52. The summed E-state index contributed by atoms with van der Waals surface area (Å²) in [6, 6.07) is 12.1. The molecule has 0 aromatic carbocycles. The third kappa shape index (κ3) is 2.02. The van der Waals surface area contributed by atoms with Crippen molar-refractivity contribution in [2.45, 2.75) is 20.0 Å². The number of nitrogens with zero attached hydrogens (tertiary/aromatic N) is 2. The number of pyridine rings is 2. The molecular weight excluding hydrogens is 236 g/mol. The van der Waals surface area contributed by atoms with E-state index in [0.717, 1.165) is 28.0 Å². The number of hydrogen-bond acceptors (Lipinski definition) is 2. The zero-order valence-corrected chi connectivity index (χ0v) is 11.0. The lowest BCUT2D eigenvalue weighted by molar-refractivity contribution is 0.200. The highest BCUT2D eigenvalue weighted by atomic mass is 16.3. The number of rotatable bonds is 2. The van der Waals surface area contributed by atoms with Crippen molar-refractivity contribution in [3.63, 3.8) is 0 Å².